The van der Waals surface area contributed by atoms with Crippen LogP contribution < -0.4 is 5.32 Å². The molecule has 0 fully saturated rings. The second-order valence-electron chi connectivity index (χ2n) is 4.42. The fourth-order valence-electron chi connectivity index (χ4n) is 2.09. The lowest BCUT2D eigenvalue weighted by Gasteiger charge is -2.07. The van der Waals surface area contributed by atoms with Crippen molar-refractivity contribution in [3.63, 3.8) is 0 Å². The van der Waals surface area contributed by atoms with E-state index < -0.39 is 0 Å². The van der Waals surface area contributed by atoms with Gasteiger partial charge in [-0.15, -0.1) is 0 Å². The Kier molecular flexibility index (Phi) is 2.84. The molecule has 0 saturated carbocycles. The third-order valence-electron chi connectivity index (χ3n) is 3.16. The lowest BCUT2D eigenvalue weighted by Crippen LogP contribution is -2.24. The lowest BCUT2D eigenvalue weighted by molar-refractivity contribution is 0.0693. The van der Waals surface area contributed by atoms with E-state index in [1.54, 1.807) is 18.2 Å². The minimum absolute atomic E-state index is 0.150. The molecule has 1 N–H and O–H groups in total. The average Bonchev–Trinajstić information content (AvgIpc) is 2.72. The van der Waals surface area contributed by atoms with Gasteiger partial charge in [-0.2, -0.15) is 5.26 Å². The Balaban J connectivity index is 1.98. The van der Waals surface area contributed by atoms with Crippen molar-refractivity contribution in [2.75, 3.05) is 12.4 Å². The summed E-state index contributed by atoms with van der Waals surface area (Å²) in [5.74, 6) is -0.373. The Labute approximate surface area is 119 Å². The first kappa shape index (κ1) is 12.7. The minimum Gasteiger partial charge on any atom is -0.338 e. The quantitative estimate of drug-likeness (QED) is 0.832. The van der Waals surface area contributed by atoms with Gasteiger partial charge in [-0.05, 0) is 18.2 Å². The van der Waals surface area contributed by atoms with Crippen LogP contribution in [0.3, 0.4) is 0 Å². The molecule has 1 aromatic heterocycles. The molecule has 0 saturated heterocycles. The van der Waals surface area contributed by atoms with E-state index in [-0.39, 0.29) is 17.5 Å². The standard InChI is InChI=1S/C14H9N5O2/c1-19-13(20)9-3-2-8(6-10(9)14(19)21)18-12-11(7-15)16-4-5-17-12/h2-6H,1H3,(H,17,18). The van der Waals surface area contributed by atoms with Crippen molar-refractivity contribution in [1.82, 2.24) is 14.9 Å². The van der Waals surface area contributed by atoms with Gasteiger partial charge in [0.15, 0.2) is 11.5 Å². The highest BCUT2D eigenvalue weighted by Crippen LogP contribution is 2.26. The molecule has 1 aromatic carbocycles. The molecular weight excluding hydrogens is 270 g/mol. The van der Waals surface area contributed by atoms with E-state index in [1.807, 2.05) is 6.07 Å². The van der Waals surface area contributed by atoms with Crippen LogP contribution in [0.5, 0.6) is 0 Å². The summed E-state index contributed by atoms with van der Waals surface area (Å²) in [5.41, 5.74) is 1.40. The number of nitrogens with one attached hydrogen (secondary N) is 1. The number of nitrogens with zero attached hydrogens (tertiary/aromatic N) is 4. The van der Waals surface area contributed by atoms with Gasteiger partial charge in [-0.1, -0.05) is 0 Å². The van der Waals surface area contributed by atoms with E-state index in [2.05, 4.69) is 15.3 Å². The molecule has 7 nitrogen and oxygen atoms in total. The molecule has 2 amide bonds. The predicted molar refractivity (Wildman–Crippen MR) is 72.9 cm³/mol. The zero-order valence-corrected chi connectivity index (χ0v) is 11.0. The molecular formula is C14H9N5O2. The monoisotopic (exact) mass is 279 g/mol. The highest BCUT2D eigenvalue weighted by Gasteiger charge is 2.32. The van der Waals surface area contributed by atoms with Crippen LogP contribution in [0.15, 0.2) is 30.6 Å². The maximum atomic E-state index is 11.9. The molecule has 0 unspecified atom stereocenters. The van der Waals surface area contributed by atoms with E-state index in [1.165, 1.54) is 19.4 Å². The molecule has 0 spiro atoms. The number of hydrogen-bond acceptors (Lipinski definition) is 6. The van der Waals surface area contributed by atoms with Gasteiger partial charge in [0.2, 0.25) is 0 Å². The number of nitriles is 1. The van der Waals surface area contributed by atoms with E-state index in [9.17, 15) is 9.59 Å². The minimum atomic E-state index is -0.349. The normalized spacial score (nSPS) is 13.0. The highest BCUT2D eigenvalue weighted by molar-refractivity contribution is 6.21. The Morgan fingerprint density at radius 3 is 2.62 bits per heavy atom. The smallest absolute Gasteiger partial charge is 0.261 e. The average molecular weight is 279 g/mol. The van der Waals surface area contributed by atoms with Crippen LogP contribution >= 0.6 is 0 Å². The third kappa shape index (κ3) is 1.99. The van der Waals surface area contributed by atoms with Crippen molar-refractivity contribution in [2.24, 2.45) is 0 Å². The van der Waals surface area contributed by atoms with E-state index in [0.29, 0.717) is 22.6 Å². The largest absolute Gasteiger partial charge is 0.338 e. The molecule has 1 aliphatic heterocycles. The molecule has 102 valence electrons. The highest BCUT2D eigenvalue weighted by atomic mass is 16.2. The van der Waals surface area contributed by atoms with Crippen molar-refractivity contribution in [3.8, 4) is 6.07 Å². The van der Waals surface area contributed by atoms with Crippen LogP contribution in [0.4, 0.5) is 11.5 Å². The number of benzene rings is 1. The summed E-state index contributed by atoms with van der Waals surface area (Å²) >= 11 is 0. The van der Waals surface area contributed by atoms with Crippen molar-refractivity contribution in [3.05, 3.63) is 47.4 Å². The van der Waals surface area contributed by atoms with Crippen molar-refractivity contribution < 1.29 is 9.59 Å². The molecule has 0 bridgehead atoms. The zero-order valence-electron chi connectivity index (χ0n) is 11.0. The summed E-state index contributed by atoms with van der Waals surface area (Å²) in [5, 5.41) is 11.9. The molecule has 3 rings (SSSR count). The first-order chi connectivity index (χ1) is 10.1. The van der Waals surface area contributed by atoms with Gasteiger partial charge in [-0.25, -0.2) is 9.97 Å². The maximum absolute atomic E-state index is 11.9. The number of fused-ring (bicyclic) bond motifs is 1. The lowest BCUT2D eigenvalue weighted by atomic mass is 10.1. The van der Waals surface area contributed by atoms with Gasteiger partial charge >= 0.3 is 0 Å². The summed E-state index contributed by atoms with van der Waals surface area (Å²) in [6.45, 7) is 0. The summed E-state index contributed by atoms with van der Waals surface area (Å²) < 4.78 is 0. The molecule has 21 heavy (non-hydrogen) atoms. The Bertz CT molecular complexity index is 809. The first-order valence-electron chi connectivity index (χ1n) is 6.06. The number of aromatic nitrogens is 2. The predicted octanol–water partition coefficient (Wildman–Crippen LogP) is 1.32. The first-order valence-corrected chi connectivity index (χ1v) is 6.06. The molecule has 7 heteroatoms. The fourth-order valence-corrected chi connectivity index (χ4v) is 2.09. The van der Waals surface area contributed by atoms with Gasteiger partial charge in [-0.3, -0.25) is 14.5 Å². The number of carbonyl (C=O) groups is 2. The summed E-state index contributed by atoms with van der Waals surface area (Å²) in [6.07, 6.45) is 2.88. The fraction of sp³-hybridized carbons (Fsp3) is 0.0714. The summed E-state index contributed by atoms with van der Waals surface area (Å²) in [6, 6.07) is 6.72. The van der Waals surface area contributed by atoms with E-state index in [4.69, 9.17) is 5.26 Å². The molecule has 0 radical (unpaired) electrons. The molecule has 0 atom stereocenters. The topological polar surface area (TPSA) is 99.0 Å². The Hall–Kier alpha value is -3.27. The number of amides is 2. The molecule has 2 heterocycles. The van der Waals surface area contributed by atoms with Crippen LogP contribution in [-0.4, -0.2) is 33.7 Å². The second kappa shape index (κ2) is 4.68. The Morgan fingerprint density at radius 2 is 1.86 bits per heavy atom. The van der Waals surface area contributed by atoms with Crippen LogP contribution in [-0.2, 0) is 0 Å². The van der Waals surface area contributed by atoms with Crippen molar-refractivity contribution in [1.29, 1.82) is 5.26 Å². The van der Waals surface area contributed by atoms with Crippen molar-refractivity contribution >= 4 is 23.3 Å². The van der Waals surface area contributed by atoms with Gasteiger partial charge in [0, 0.05) is 25.1 Å². The number of imide groups is 1. The Morgan fingerprint density at radius 1 is 1.14 bits per heavy atom. The van der Waals surface area contributed by atoms with Crippen LogP contribution in [0.1, 0.15) is 26.4 Å². The molecule has 1 aliphatic rings. The van der Waals surface area contributed by atoms with E-state index >= 15 is 0 Å². The number of rotatable bonds is 2. The third-order valence-corrected chi connectivity index (χ3v) is 3.16. The summed E-state index contributed by atoms with van der Waals surface area (Å²) in [4.78, 5) is 32.7. The van der Waals surface area contributed by atoms with Crippen LogP contribution in [0, 0.1) is 11.3 Å². The van der Waals surface area contributed by atoms with Gasteiger partial charge < -0.3 is 5.32 Å². The van der Waals surface area contributed by atoms with Crippen molar-refractivity contribution in [2.45, 2.75) is 0 Å². The number of anilines is 2. The van der Waals surface area contributed by atoms with Gasteiger partial charge in [0.25, 0.3) is 11.8 Å². The van der Waals surface area contributed by atoms with Crippen LogP contribution in [0.25, 0.3) is 0 Å². The second-order valence-corrected chi connectivity index (χ2v) is 4.42. The SMILES string of the molecule is CN1C(=O)c2ccc(Nc3nccnc3C#N)cc2C1=O. The molecule has 0 aliphatic carbocycles. The van der Waals surface area contributed by atoms with Gasteiger partial charge in [0.05, 0.1) is 11.1 Å². The van der Waals surface area contributed by atoms with Gasteiger partial charge in [0.1, 0.15) is 6.07 Å². The van der Waals surface area contributed by atoms with E-state index in [0.717, 1.165) is 4.90 Å². The zero-order chi connectivity index (χ0) is 15.0. The maximum Gasteiger partial charge on any atom is 0.261 e. The molecule has 2 aromatic rings. The number of carbonyl (C=O) groups excluding carboxylic acids is 2. The number of hydrogen-bond donors (Lipinski definition) is 1. The van der Waals surface area contributed by atoms with Crippen LogP contribution in [0.2, 0.25) is 0 Å². The summed E-state index contributed by atoms with van der Waals surface area (Å²) in [7, 11) is 1.44.